The third kappa shape index (κ3) is 3.94. The highest BCUT2D eigenvalue weighted by Crippen LogP contribution is 2.22. The summed E-state index contributed by atoms with van der Waals surface area (Å²) in [5.41, 5.74) is 2.41. The molecule has 1 heterocycles. The number of nitrogens with zero attached hydrogens (tertiary/aromatic N) is 1. The van der Waals surface area contributed by atoms with Crippen molar-refractivity contribution in [2.75, 3.05) is 36.0 Å². The standard InChI is InChI=1S/C14H22N2O2S/c1-2-7-15-12-13-5-3-4-6-14(13)16-8-10-19(17,18)11-9-16/h3-6,15H,2,7-12H2,1H3. The van der Waals surface area contributed by atoms with Gasteiger partial charge >= 0.3 is 0 Å². The van der Waals surface area contributed by atoms with E-state index in [1.54, 1.807) is 0 Å². The summed E-state index contributed by atoms with van der Waals surface area (Å²) in [5.74, 6) is 0.535. The largest absolute Gasteiger partial charge is 0.369 e. The quantitative estimate of drug-likeness (QED) is 0.830. The van der Waals surface area contributed by atoms with Crippen molar-refractivity contribution in [2.24, 2.45) is 0 Å². The van der Waals surface area contributed by atoms with Crippen LogP contribution in [0.2, 0.25) is 0 Å². The molecule has 106 valence electrons. The van der Waals surface area contributed by atoms with Gasteiger partial charge < -0.3 is 10.2 Å². The van der Waals surface area contributed by atoms with Crippen LogP contribution in [0.25, 0.3) is 0 Å². The molecule has 0 amide bonds. The van der Waals surface area contributed by atoms with Gasteiger partial charge in [-0.25, -0.2) is 8.42 Å². The molecule has 0 aliphatic carbocycles. The fourth-order valence-corrected chi connectivity index (χ4v) is 3.52. The second-order valence-corrected chi connectivity index (χ2v) is 7.25. The molecule has 1 aliphatic heterocycles. The van der Waals surface area contributed by atoms with Crippen molar-refractivity contribution in [2.45, 2.75) is 19.9 Å². The minimum Gasteiger partial charge on any atom is -0.369 e. The highest BCUT2D eigenvalue weighted by atomic mass is 32.2. The number of hydrogen-bond donors (Lipinski definition) is 1. The molecule has 4 nitrogen and oxygen atoms in total. The summed E-state index contributed by atoms with van der Waals surface area (Å²) in [4.78, 5) is 2.18. The number of benzene rings is 1. The third-order valence-corrected chi connectivity index (χ3v) is 5.03. The van der Waals surface area contributed by atoms with Crippen LogP contribution < -0.4 is 10.2 Å². The molecular weight excluding hydrogens is 260 g/mol. The average molecular weight is 282 g/mol. The first kappa shape index (κ1) is 14.3. The van der Waals surface area contributed by atoms with Crippen LogP contribution in [-0.2, 0) is 16.4 Å². The molecule has 0 bridgehead atoms. The molecule has 1 aliphatic rings. The van der Waals surface area contributed by atoms with Crippen molar-refractivity contribution >= 4 is 15.5 Å². The molecule has 19 heavy (non-hydrogen) atoms. The highest BCUT2D eigenvalue weighted by Gasteiger charge is 2.22. The van der Waals surface area contributed by atoms with Gasteiger partial charge in [-0.15, -0.1) is 0 Å². The van der Waals surface area contributed by atoms with E-state index >= 15 is 0 Å². The summed E-state index contributed by atoms with van der Waals surface area (Å²) >= 11 is 0. The van der Waals surface area contributed by atoms with E-state index in [1.807, 2.05) is 12.1 Å². The molecule has 0 radical (unpaired) electrons. The molecule has 1 fully saturated rings. The molecule has 5 heteroatoms. The van der Waals surface area contributed by atoms with Gasteiger partial charge in [0.2, 0.25) is 0 Å². The number of sulfone groups is 1. The number of rotatable bonds is 5. The summed E-state index contributed by atoms with van der Waals surface area (Å²) in [6, 6.07) is 8.25. The molecule has 1 N–H and O–H groups in total. The molecule has 1 saturated heterocycles. The summed E-state index contributed by atoms with van der Waals surface area (Å²) in [6.45, 7) is 5.20. The summed E-state index contributed by atoms with van der Waals surface area (Å²) in [5, 5.41) is 3.40. The van der Waals surface area contributed by atoms with E-state index in [0.29, 0.717) is 13.1 Å². The van der Waals surface area contributed by atoms with Gasteiger partial charge in [0.1, 0.15) is 0 Å². The van der Waals surface area contributed by atoms with Crippen molar-refractivity contribution in [3.05, 3.63) is 29.8 Å². The maximum Gasteiger partial charge on any atom is 0.153 e. The average Bonchev–Trinajstić information content (AvgIpc) is 2.40. The Labute approximate surface area is 115 Å². The fraction of sp³-hybridized carbons (Fsp3) is 0.571. The van der Waals surface area contributed by atoms with Gasteiger partial charge in [0.25, 0.3) is 0 Å². The third-order valence-electron chi connectivity index (χ3n) is 3.42. The molecule has 1 aromatic carbocycles. The number of nitrogens with one attached hydrogen (secondary N) is 1. The van der Waals surface area contributed by atoms with Crippen molar-refractivity contribution in [1.29, 1.82) is 0 Å². The van der Waals surface area contributed by atoms with Crippen LogP contribution in [-0.4, -0.2) is 39.6 Å². The lowest BCUT2D eigenvalue weighted by molar-refractivity contribution is 0.586. The van der Waals surface area contributed by atoms with Crippen LogP contribution in [0.15, 0.2) is 24.3 Å². The van der Waals surface area contributed by atoms with E-state index in [4.69, 9.17) is 0 Å². The molecule has 0 aromatic heterocycles. The van der Waals surface area contributed by atoms with E-state index in [0.717, 1.165) is 19.5 Å². The maximum atomic E-state index is 11.5. The molecule has 0 unspecified atom stereocenters. The van der Waals surface area contributed by atoms with E-state index in [9.17, 15) is 8.42 Å². The van der Waals surface area contributed by atoms with Crippen LogP contribution in [0.3, 0.4) is 0 Å². The summed E-state index contributed by atoms with van der Waals surface area (Å²) in [6.07, 6.45) is 1.12. The van der Waals surface area contributed by atoms with Gasteiger partial charge in [-0.2, -0.15) is 0 Å². The monoisotopic (exact) mass is 282 g/mol. The molecule has 2 rings (SSSR count). The minimum absolute atomic E-state index is 0.268. The molecule has 0 spiro atoms. The second-order valence-electron chi connectivity index (χ2n) is 4.94. The topological polar surface area (TPSA) is 49.4 Å². The number of hydrogen-bond acceptors (Lipinski definition) is 4. The van der Waals surface area contributed by atoms with Gasteiger partial charge in [0, 0.05) is 25.3 Å². The van der Waals surface area contributed by atoms with Crippen LogP contribution in [0.1, 0.15) is 18.9 Å². The lowest BCUT2D eigenvalue weighted by Gasteiger charge is -2.30. The Morgan fingerprint density at radius 3 is 2.58 bits per heavy atom. The van der Waals surface area contributed by atoms with Gasteiger partial charge in [-0.3, -0.25) is 0 Å². The lowest BCUT2D eigenvalue weighted by atomic mass is 10.1. The van der Waals surface area contributed by atoms with E-state index in [2.05, 4.69) is 29.3 Å². The summed E-state index contributed by atoms with van der Waals surface area (Å²) < 4.78 is 23.0. The smallest absolute Gasteiger partial charge is 0.153 e. The first-order chi connectivity index (χ1) is 9.12. The van der Waals surface area contributed by atoms with E-state index in [-0.39, 0.29) is 11.5 Å². The van der Waals surface area contributed by atoms with Crippen LogP contribution in [0, 0.1) is 0 Å². The van der Waals surface area contributed by atoms with Crippen LogP contribution in [0.5, 0.6) is 0 Å². The van der Waals surface area contributed by atoms with Crippen molar-refractivity contribution in [3.63, 3.8) is 0 Å². The Balaban J connectivity index is 2.07. The zero-order valence-corrected chi connectivity index (χ0v) is 12.2. The van der Waals surface area contributed by atoms with Crippen molar-refractivity contribution in [3.8, 4) is 0 Å². The lowest BCUT2D eigenvalue weighted by Crippen LogP contribution is -2.40. The second kappa shape index (κ2) is 6.39. The minimum atomic E-state index is -2.81. The Bertz CT molecular complexity index is 500. The predicted molar refractivity (Wildman–Crippen MR) is 79.3 cm³/mol. The Hall–Kier alpha value is -1.07. The first-order valence-corrected chi connectivity index (χ1v) is 8.68. The van der Waals surface area contributed by atoms with Gasteiger partial charge in [0.05, 0.1) is 11.5 Å². The zero-order valence-electron chi connectivity index (χ0n) is 11.4. The summed E-state index contributed by atoms with van der Waals surface area (Å²) in [7, 11) is -2.81. The van der Waals surface area contributed by atoms with E-state index < -0.39 is 9.84 Å². The molecule has 0 atom stereocenters. The predicted octanol–water partition coefficient (Wildman–Crippen LogP) is 1.42. The Morgan fingerprint density at radius 1 is 1.21 bits per heavy atom. The fourth-order valence-electron chi connectivity index (χ4n) is 2.32. The van der Waals surface area contributed by atoms with Crippen molar-refractivity contribution in [1.82, 2.24) is 5.32 Å². The number of para-hydroxylation sites is 1. The van der Waals surface area contributed by atoms with Gasteiger partial charge in [-0.05, 0) is 24.6 Å². The highest BCUT2D eigenvalue weighted by molar-refractivity contribution is 7.91. The first-order valence-electron chi connectivity index (χ1n) is 6.86. The molecular formula is C14H22N2O2S. The Kier molecular flexibility index (Phi) is 4.82. The van der Waals surface area contributed by atoms with E-state index in [1.165, 1.54) is 11.3 Å². The zero-order chi connectivity index (χ0) is 13.7. The van der Waals surface area contributed by atoms with Gasteiger partial charge in [0.15, 0.2) is 9.84 Å². The molecule has 1 aromatic rings. The van der Waals surface area contributed by atoms with Crippen LogP contribution in [0.4, 0.5) is 5.69 Å². The Morgan fingerprint density at radius 2 is 1.89 bits per heavy atom. The van der Waals surface area contributed by atoms with Gasteiger partial charge in [-0.1, -0.05) is 25.1 Å². The van der Waals surface area contributed by atoms with Crippen molar-refractivity contribution < 1.29 is 8.42 Å². The normalized spacial score (nSPS) is 18.5. The number of anilines is 1. The molecule has 0 saturated carbocycles. The van der Waals surface area contributed by atoms with Crippen LogP contribution >= 0.6 is 0 Å². The SMILES string of the molecule is CCCNCc1ccccc1N1CCS(=O)(=O)CC1. The maximum absolute atomic E-state index is 11.5.